The van der Waals surface area contributed by atoms with Gasteiger partial charge in [0.05, 0.1) is 13.5 Å². The average molecular weight is 257 g/mol. The molecule has 1 aliphatic rings. The second kappa shape index (κ2) is 4.39. The fourth-order valence-electron chi connectivity index (χ4n) is 2.30. The number of anilines is 1. The summed E-state index contributed by atoms with van der Waals surface area (Å²) in [6.07, 6.45) is 0.382. The van der Waals surface area contributed by atoms with Crippen molar-refractivity contribution in [3.05, 3.63) is 47.8 Å². The number of methoxy groups -OCH3 is 1. The molecule has 2 aromatic rings. The van der Waals surface area contributed by atoms with Gasteiger partial charge in [0, 0.05) is 17.3 Å². The zero-order valence-corrected chi connectivity index (χ0v) is 10.4. The lowest BCUT2D eigenvalue weighted by Crippen LogP contribution is -2.03. The third-order valence-corrected chi connectivity index (χ3v) is 3.20. The highest BCUT2D eigenvalue weighted by atomic mass is 19.1. The van der Waals surface area contributed by atoms with Crippen LogP contribution in [0.15, 0.2) is 36.4 Å². The van der Waals surface area contributed by atoms with E-state index in [0.717, 1.165) is 22.4 Å². The van der Waals surface area contributed by atoms with E-state index in [9.17, 15) is 9.18 Å². The van der Waals surface area contributed by atoms with Crippen LogP contribution in [-0.4, -0.2) is 13.0 Å². The van der Waals surface area contributed by atoms with Crippen molar-refractivity contribution >= 4 is 11.6 Å². The Morgan fingerprint density at radius 3 is 2.84 bits per heavy atom. The largest absolute Gasteiger partial charge is 0.496 e. The summed E-state index contributed by atoms with van der Waals surface area (Å²) in [4.78, 5) is 11.3. The molecule has 19 heavy (non-hydrogen) atoms. The molecule has 1 amide bonds. The Bertz CT molecular complexity index is 667. The molecule has 0 atom stereocenters. The standard InChI is InChI=1S/C15H12FNO2/c1-19-14-8-11(16)3-4-12(14)9-2-5-13-10(6-9)7-15(18)17-13/h2-6,8H,7H2,1H3,(H,17,18). The van der Waals surface area contributed by atoms with Crippen molar-refractivity contribution in [1.82, 2.24) is 0 Å². The Hall–Kier alpha value is -2.36. The number of fused-ring (bicyclic) bond motifs is 1. The minimum absolute atomic E-state index is 0.00165. The highest BCUT2D eigenvalue weighted by Crippen LogP contribution is 2.34. The first-order chi connectivity index (χ1) is 9.17. The molecule has 3 rings (SSSR count). The first-order valence-corrected chi connectivity index (χ1v) is 5.94. The van der Waals surface area contributed by atoms with Crippen LogP contribution in [0.2, 0.25) is 0 Å². The summed E-state index contributed by atoms with van der Waals surface area (Å²) in [7, 11) is 1.51. The van der Waals surface area contributed by atoms with Crippen molar-refractivity contribution in [2.24, 2.45) is 0 Å². The average Bonchev–Trinajstić information content (AvgIpc) is 2.77. The molecule has 1 N–H and O–H groups in total. The van der Waals surface area contributed by atoms with E-state index in [0.29, 0.717) is 12.2 Å². The van der Waals surface area contributed by atoms with Crippen LogP contribution in [-0.2, 0) is 11.2 Å². The lowest BCUT2D eigenvalue weighted by atomic mass is 10.0. The predicted molar refractivity (Wildman–Crippen MR) is 70.7 cm³/mol. The van der Waals surface area contributed by atoms with E-state index in [4.69, 9.17) is 4.74 Å². The van der Waals surface area contributed by atoms with Crippen LogP contribution in [0.25, 0.3) is 11.1 Å². The molecule has 0 radical (unpaired) electrons. The van der Waals surface area contributed by atoms with Gasteiger partial charge in [0.1, 0.15) is 11.6 Å². The van der Waals surface area contributed by atoms with Crippen molar-refractivity contribution in [3.8, 4) is 16.9 Å². The molecular weight excluding hydrogens is 245 g/mol. The van der Waals surface area contributed by atoms with Gasteiger partial charge >= 0.3 is 0 Å². The third-order valence-electron chi connectivity index (χ3n) is 3.20. The maximum atomic E-state index is 13.2. The summed E-state index contributed by atoms with van der Waals surface area (Å²) in [5.74, 6) is 0.147. The molecule has 96 valence electrons. The van der Waals surface area contributed by atoms with Crippen molar-refractivity contribution in [2.45, 2.75) is 6.42 Å². The number of benzene rings is 2. The van der Waals surface area contributed by atoms with Gasteiger partial charge in [-0.2, -0.15) is 0 Å². The third kappa shape index (κ3) is 2.05. The molecule has 0 spiro atoms. The number of halogens is 1. The summed E-state index contributed by atoms with van der Waals surface area (Å²) >= 11 is 0. The number of carbonyl (C=O) groups is 1. The van der Waals surface area contributed by atoms with Gasteiger partial charge in [-0.15, -0.1) is 0 Å². The van der Waals surface area contributed by atoms with Gasteiger partial charge < -0.3 is 10.1 Å². The normalized spacial score (nSPS) is 13.1. The number of nitrogens with one attached hydrogen (secondary N) is 1. The van der Waals surface area contributed by atoms with Gasteiger partial charge in [0.15, 0.2) is 0 Å². The number of amides is 1. The minimum atomic E-state index is -0.335. The number of ether oxygens (including phenoxy) is 1. The zero-order valence-electron chi connectivity index (χ0n) is 10.4. The molecule has 4 heteroatoms. The zero-order chi connectivity index (χ0) is 13.4. The van der Waals surface area contributed by atoms with E-state index in [2.05, 4.69) is 5.32 Å². The lowest BCUT2D eigenvalue weighted by Gasteiger charge is -2.10. The van der Waals surface area contributed by atoms with Crippen molar-refractivity contribution in [2.75, 3.05) is 12.4 Å². The van der Waals surface area contributed by atoms with Gasteiger partial charge in [0.25, 0.3) is 0 Å². The van der Waals surface area contributed by atoms with E-state index in [-0.39, 0.29) is 11.7 Å². The van der Waals surface area contributed by atoms with Crippen molar-refractivity contribution in [1.29, 1.82) is 0 Å². The van der Waals surface area contributed by atoms with E-state index >= 15 is 0 Å². The minimum Gasteiger partial charge on any atom is -0.496 e. The van der Waals surface area contributed by atoms with Crippen LogP contribution in [0, 0.1) is 5.82 Å². The number of hydrogen-bond donors (Lipinski definition) is 1. The van der Waals surface area contributed by atoms with E-state index in [1.807, 2.05) is 18.2 Å². The second-order valence-corrected chi connectivity index (χ2v) is 4.44. The Balaban J connectivity index is 2.08. The van der Waals surface area contributed by atoms with Crippen LogP contribution in [0.3, 0.4) is 0 Å². The van der Waals surface area contributed by atoms with Crippen LogP contribution in [0.5, 0.6) is 5.75 Å². The number of hydrogen-bond acceptors (Lipinski definition) is 2. The summed E-state index contributed by atoms with van der Waals surface area (Å²) in [5.41, 5.74) is 3.52. The Morgan fingerprint density at radius 1 is 1.21 bits per heavy atom. The highest BCUT2D eigenvalue weighted by Gasteiger charge is 2.18. The molecule has 0 saturated carbocycles. The van der Waals surface area contributed by atoms with Gasteiger partial charge in [-0.3, -0.25) is 4.79 Å². The first-order valence-electron chi connectivity index (χ1n) is 5.94. The topological polar surface area (TPSA) is 38.3 Å². The highest BCUT2D eigenvalue weighted by molar-refractivity contribution is 5.99. The maximum Gasteiger partial charge on any atom is 0.228 e. The summed E-state index contributed by atoms with van der Waals surface area (Å²) in [6.45, 7) is 0. The fourth-order valence-corrected chi connectivity index (χ4v) is 2.30. The summed E-state index contributed by atoms with van der Waals surface area (Å²) in [5, 5.41) is 2.78. The Labute approximate surface area is 110 Å². The molecule has 0 aromatic heterocycles. The quantitative estimate of drug-likeness (QED) is 0.898. The predicted octanol–water partition coefficient (Wildman–Crippen LogP) is 3.00. The van der Waals surface area contributed by atoms with Crippen molar-refractivity contribution < 1.29 is 13.9 Å². The van der Waals surface area contributed by atoms with E-state index < -0.39 is 0 Å². The molecular formula is C15H12FNO2. The maximum absolute atomic E-state index is 13.2. The van der Waals surface area contributed by atoms with Gasteiger partial charge in [-0.05, 0) is 35.4 Å². The molecule has 0 fully saturated rings. The Kier molecular flexibility index (Phi) is 2.71. The monoisotopic (exact) mass is 257 g/mol. The van der Waals surface area contributed by atoms with Crippen molar-refractivity contribution in [3.63, 3.8) is 0 Å². The van der Waals surface area contributed by atoms with Gasteiger partial charge in [-0.25, -0.2) is 4.39 Å². The fraction of sp³-hybridized carbons (Fsp3) is 0.133. The molecule has 1 aliphatic heterocycles. The molecule has 3 nitrogen and oxygen atoms in total. The summed E-state index contributed by atoms with van der Waals surface area (Å²) < 4.78 is 18.4. The van der Waals surface area contributed by atoms with E-state index in [1.165, 1.54) is 19.2 Å². The van der Waals surface area contributed by atoms with Crippen LogP contribution in [0.4, 0.5) is 10.1 Å². The van der Waals surface area contributed by atoms with Crippen LogP contribution >= 0.6 is 0 Å². The first kappa shape index (κ1) is 11.7. The molecule has 0 bridgehead atoms. The van der Waals surface area contributed by atoms with Gasteiger partial charge in [0.2, 0.25) is 5.91 Å². The molecule has 1 heterocycles. The van der Waals surface area contributed by atoms with Crippen LogP contribution in [0.1, 0.15) is 5.56 Å². The lowest BCUT2D eigenvalue weighted by molar-refractivity contribution is -0.115. The molecule has 0 saturated heterocycles. The Morgan fingerprint density at radius 2 is 2.05 bits per heavy atom. The van der Waals surface area contributed by atoms with Gasteiger partial charge in [-0.1, -0.05) is 6.07 Å². The SMILES string of the molecule is COc1cc(F)ccc1-c1ccc2c(c1)CC(=O)N2. The smallest absolute Gasteiger partial charge is 0.228 e. The van der Waals surface area contributed by atoms with Crippen LogP contribution < -0.4 is 10.1 Å². The molecule has 2 aromatic carbocycles. The van der Waals surface area contributed by atoms with E-state index in [1.54, 1.807) is 6.07 Å². The summed E-state index contributed by atoms with van der Waals surface area (Å²) in [6, 6.07) is 10.1. The number of rotatable bonds is 2. The molecule has 0 unspecified atom stereocenters. The number of carbonyl (C=O) groups excluding carboxylic acids is 1. The second-order valence-electron chi connectivity index (χ2n) is 4.44. The molecule has 0 aliphatic carbocycles.